The molecular formula is C17H13BrN2O2. The summed E-state index contributed by atoms with van der Waals surface area (Å²) in [6, 6.07) is 16.6. The lowest BCUT2D eigenvalue weighted by molar-refractivity contribution is -0.123. The first-order valence-corrected chi connectivity index (χ1v) is 7.57. The molecule has 1 N–H and O–H groups in total. The first-order valence-electron chi connectivity index (χ1n) is 6.77. The molecule has 3 rings (SSSR count). The zero-order chi connectivity index (χ0) is 15.5. The highest BCUT2D eigenvalue weighted by molar-refractivity contribution is 9.10. The highest BCUT2D eigenvalue weighted by Crippen LogP contribution is 2.18. The van der Waals surface area contributed by atoms with E-state index < -0.39 is 6.03 Å². The molecule has 3 amide bonds. The molecule has 1 aliphatic rings. The van der Waals surface area contributed by atoms with Gasteiger partial charge in [0.25, 0.3) is 5.91 Å². The zero-order valence-corrected chi connectivity index (χ0v) is 13.2. The Bertz CT molecular complexity index is 756. The predicted octanol–water partition coefficient (Wildman–Crippen LogP) is 3.54. The lowest BCUT2D eigenvalue weighted by Crippen LogP contribution is -2.30. The van der Waals surface area contributed by atoms with Crippen molar-refractivity contribution in [2.75, 3.05) is 0 Å². The van der Waals surface area contributed by atoms with Crippen LogP contribution in [0.5, 0.6) is 0 Å². The summed E-state index contributed by atoms with van der Waals surface area (Å²) < 4.78 is 0.916. The number of nitrogens with zero attached hydrogens (tertiary/aromatic N) is 1. The maximum atomic E-state index is 12.4. The average molecular weight is 357 g/mol. The van der Waals surface area contributed by atoms with Gasteiger partial charge >= 0.3 is 6.03 Å². The first kappa shape index (κ1) is 14.5. The van der Waals surface area contributed by atoms with Crippen molar-refractivity contribution in [3.05, 3.63) is 75.9 Å². The van der Waals surface area contributed by atoms with Crippen LogP contribution in [0.25, 0.3) is 6.08 Å². The van der Waals surface area contributed by atoms with E-state index in [9.17, 15) is 9.59 Å². The third-order valence-electron chi connectivity index (χ3n) is 3.31. The Labute approximate surface area is 136 Å². The van der Waals surface area contributed by atoms with Crippen LogP contribution in [0.2, 0.25) is 0 Å². The maximum absolute atomic E-state index is 12.4. The van der Waals surface area contributed by atoms with Crippen molar-refractivity contribution in [3.8, 4) is 0 Å². The van der Waals surface area contributed by atoms with Gasteiger partial charge in [0.2, 0.25) is 0 Å². The highest BCUT2D eigenvalue weighted by atomic mass is 79.9. The van der Waals surface area contributed by atoms with E-state index in [0.29, 0.717) is 5.70 Å². The van der Waals surface area contributed by atoms with Crippen molar-refractivity contribution in [2.45, 2.75) is 6.54 Å². The largest absolute Gasteiger partial charge is 0.329 e. The summed E-state index contributed by atoms with van der Waals surface area (Å²) in [5, 5.41) is 2.63. The first-order chi connectivity index (χ1) is 10.6. The molecule has 5 heteroatoms. The van der Waals surface area contributed by atoms with E-state index in [1.807, 2.05) is 54.6 Å². The van der Waals surface area contributed by atoms with Crippen molar-refractivity contribution in [1.82, 2.24) is 10.2 Å². The number of halogens is 1. The molecule has 110 valence electrons. The topological polar surface area (TPSA) is 49.4 Å². The van der Waals surface area contributed by atoms with Crippen LogP contribution < -0.4 is 5.32 Å². The monoisotopic (exact) mass is 356 g/mol. The van der Waals surface area contributed by atoms with Gasteiger partial charge in [-0.05, 0) is 29.3 Å². The second-order valence-corrected chi connectivity index (χ2v) is 5.84. The van der Waals surface area contributed by atoms with Crippen LogP contribution >= 0.6 is 15.9 Å². The van der Waals surface area contributed by atoms with Gasteiger partial charge in [-0.15, -0.1) is 0 Å². The van der Waals surface area contributed by atoms with Crippen molar-refractivity contribution in [2.24, 2.45) is 0 Å². The summed E-state index contributed by atoms with van der Waals surface area (Å²) >= 11 is 3.38. The Kier molecular flexibility index (Phi) is 4.06. The van der Waals surface area contributed by atoms with E-state index in [-0.39, 0.29) is 12.5 Å². The normalized spacial score (nSPS) is 16.2. The minimum atomic E-state index is -0.393. The number of benzene rings is 2. The molecule has 4 nitrogen and oxygen atoms in total. The second-order valence-electron chi connectivity index (χ2n) is 4.92. The predicted molar refractivity (Wildman–Crippen MR) is 87.6 cm³/mol. The lowest BCUT2D eigenvalue weighted by Gasteiger charge is -2.11. The second kappa shape index (κ2) is 6.15. The molecule has 0 spiro atoms. The van der Waals surface area contributed by atoms with Crippen LogP contribution in [0, 0.1) is 0 Å². The fraction of sp³-hybridized carbons (Fsp3) is 0.0588. The van der Waals surface area contributed by atoms with Crippen LogP contribution in [0.4, 0.5) is 4.79 Å². The summed E-state index contributed by atoms with van der Waals surface area (Å²) in [5.74, 6) is -0.311. The van der Waals surface area contributed by atoms with Gasteiger partial charge in [-0.3, -0.25) is 9.69 Å². The molecule has 2 aromatic carbocycles. The zero-order valence-electron chi connectivity index (χ0n) is 11.6. The number of rotatable bonds is 3. The number of carbonyl (C=O) groups is 2. The van der Waals surface area contributed by atoms with E-state index in [4.69, 9.17) is 0 Å². The molecule has 0 atom stereocenters. The van der Waals surface area contributed by atoms with Crippen LogP contribution in [0.3, 0.4) is 0 Å². The van der Waals surface area contributed by atoms with Gasteiger partial charge in [0.05, 0.1) is 6.54 Å². The Hall–Kier alpha value is -2.40. The molecule has 0 unspecified atom stereocenters. The van der Waals surface area contributed by atoms with Gasteiger partial charge in [-0.1, -0.05) is 58.4 Å². The average Bonchev–Trinajstić information content (AvgIpc) is 2.76. The Morgan fingerprint density at radius 3 is 2.55 bits per heavy atom. The third kappa shape index (κ3) is 3.09. The number of carbonyl (C=O) groups excluding carboxylic acids is 2. The minimum absolute atomic E-state index is 0.265. The molecule has 0 radical (unpaired) electrons. The number of nitrogens with one attached hydrogen (secondary N) is 1. The molecule has 22 heavy (non-hydrogen) atoms. The van der Waals surface area contributed by atoms with E-state index in [1.54, 1.807) is 6.08 Å². The molecule has 2 aromatic rings. The van der Waals surface area contributed by atoms with Crippen LogP contribution in [0.1, 0.15) is 11.1 Å². The molecular weight excluding hydrogens is 344 g/mol. The smallest absolute Gasteiger partial charge is 0.303 e. The van der Waals surface area contributed by atoms with Gasteiger partial charge in [-0.25, -0.2) is 4.79 Å². The van der Waals surface area contributed by atoms with Gasteiger partial charge in [-0.2, -0.15) is 0 Å². The standard InChI is InChI=1S/C17H13BrN2O2/c18-14-8-4-7-13(9-14)10-15-16(21)20(17(22)19-15)11-12-5-2-1-3-6-12/h1-10H,11H2,(H,19,22)/b15-10+. The molecule has 1 saturated heterocycles. The van der Waals surface area contributed by atoms with Crippen LogP contribution in [-0.2, 0) is 11.3 Å². The van der Waals surface area contributed by atoms with E-state index >= 15 is 0 Å². The Morgan fingerprint density at radius 2 is 1.82 bits per heavy atom. The van der Waals surface area contributed by atoms with Crippen molar-refractivity contribution in [3.63, 3.8) is 0 Å². The third-order valence-corrected chi connectivity index (χ3v) is 3.80. The fourth-order valence-corrected chi connectivity index (χ4v) is 2.66. The minimum Gasteiger partial charge on any atom is -0.303 e. The van der Waals surface area contributed by atoms with Gasteiger partial charge in [0.1, 0.15) is 5.70 Å². The van der Waals surface area contributed by atoms with Gasteiger partial charge in [0, 0.05) is 4.47 Å². The van der Waals surface area contributed by atoms with Crippen molar-refractivity contribution in [1.29, 1.82) is 0 Å². The molecule has 1 heterocycles. The molecule has 0 bridgehead atoms. The molecule has 1 fully saturated rings. The molecule has 0 aliphatic carbocycles. The van der Waals surface area contributed by atoms with Crippen molar-refractivity contribution < 1.29 is 9.59 Å². The Balaban J connectivity index is 1.82. The van der Waals surface area contributed by atoms with E-state index in [2.05, 4.69) is 21.2 Å². The van der Waals surface area contributed by atoms with Gasteiger partial charge in [0.15, 0.2) is 0 Å². The quantitative estimate of drug-likeness (QED) is 0.675. The number of hydrogen-bond acceptors (Lipinski definition) is 2. The summed E-state index contributed by atoms with van der Waals surface area (Å²) in [6.07, 6.45) is 1.68. The Morgan fingerprint density at radius 1 is 1.05 bits per heavy atom. The highest BCUT2D eigenvalue weighted by Gasteiger charge is 2.33. The molecule has 0 aromatic heterocycles. The number of hydrogen-bond donors (Lipinski definition) is 1. The molecule has 1 aliphatic heterocycles. The van der Waals surface area contributed by atoms with E-state index in [1.165, 1.54) is 4.90 Å². The van der Waals surface area contributed by atoms with Crippen molar-refractivity contribution >= 4 is 33.9 Å². The summed E-state index contributed by atoms with van der Waals surface area (Å²) in [4.78, 5) is 25.6. The number of urea groups is 1. The number of amides is 3. The van der Waals surface area contributed by atoms with Gasteiger partial charge < -0.3 is 5.32 Å². The summed E-state index contributed by atoms with van der Waals surface area (Å²) in [6.45, 7) is 0.265. The lowest BCUT2D eigenvalue weighted by atomic mass is 10.2. The molecule has 0 saturated carbocycles. The fourth-order valence-electron chi connectivity index (χ4n) is 2.24. The van der Waals surface area contributed by atoms with E-state index in [0.717, 1.165) is 15.6 Å². The number of imide groups is 1. The van der Waals surface area contributed by atoms with Crippen LogP contribution in [-0.4, -0.2) is 16.8 Å². The summed E-state index contributed by atoms with van der Waals surface area (Å²) in [7, 11) is 0. The summed E-state index contributed by atoms with van der Waals surface area (Å²) in [5.41, 5.74) is 2.05. The van der Waals surface area contributed by atoms with Crippen LogP contribution in [0.15, 0.2) is 64.8 Å². The maximum Gasteiger partial charge on any atom is 0.329 e. The SMILES string of the molecule is O=C1N/C(=C/c2cccc(Br)c2)C(=O)N1Cc1ccccc1.